The van der Waals surface area contributed by atoms with Gasteiger partial charge >= 0.3 is 12.1 Å². The molecule has 0 radical (unpaired) electrons. The number of carbonyl (C=O) groups excluding carboxylic acids is 4. The van der Waals surface area contributed by atoms with E-state index in [9.17, 15) is 24.3 Å². The lowest BCUT2D eigenvalue weighted by Gasteiger charge is -2.29. The largest absolute Gasteiger partial charge is 0.462 e. The minimum atomic E-state index is -0.990. The molecule has 2 aromatic rings. The van der Waals surface area contributed by atoms with Crippen molar-refractivity contribution in [3.63, 3.8) is 0 Å². The number of allylic oxidation sites excluding steroid dienone is 2. The van der Waals surface area contributed by atoms with Gasteiger partial charge in [0.1, 0.15) is 19.3 Å². The number of benzene rings is 2. The van der Waals surface area contributed by atoms with Gasteiger partial charge in [0, 0.05) is 18.4 Å². The van der Waals surface area contributed by atoms with E-state index in [1.807, 2.05) is 36.4 Å². The van der Waals surface area contributed by atoms with Gasteiger partial charge in [-0.3, -0.25) is 9.59 Å². The summed E-state index contributed by atoms with van der Waals surface area (Å²) < 4.78 is 11.2. The molecule has 0 fully saturated rings. The molecule has 0 bridgehead atoms. The number of aliphatic hydroxyl groups is 1. The van der Waals surface area contributed by atoms with Crippen molar-refractivity contribution in [2.45, 2.75) is 70.0 Å². The number of amides is 3. The molecular weight excluding hydrogens is 574 g/mol. The van der Waals surface area contributed by atoms with E-state index < -0.39 is 41.5 Å². The van der Waals surface area contributed by atoms with Crippen molar-refractivity contribution in [3.05, 3.63) is 85.0 Å². The van der Waals surface area contributed by atoms with Crippen LogP contribution in [0.3, 0.4) is 0 Å². The molecule has 3 rings (SSSR count). The summed E-state index contributed by atoms with van der Waals surface area (Å²) in [5, 5.41) is 17.3. The molecule has 0 heterocycles. The number of nitrogens with one attached hydrogen (secondary N) is 3. The minimum absolute atomic E-state index is 0.0915. The Morgan fingerprint density at radius 3 is 2.16 bits per heavy atom. The summed E-state index contributed by atoms with van der Waals surface area (Å²) >= 11 is 0. The highest BCUT2D eigenvalue weighted by atomic mass is 16.6. The average molecular weight is 620 g/mol. The Kier molecular flexibility index (Phi) is 12.9. The van der Waals surface area contributed by atoms with E-state index in [0.29, 0.717) is 6.42 Å². The van der Waals surface area contributed by atoms with Crippen LogP contribution in [0, 0.1) is 5.92 Å². The summed E-state index contributed by atoms with van der Waals surface area (Å²) in [4.78, 5) is 51.3. The first-order chi connectivity index (χ1) is 21.5. The first-order valence-electron chi connectivity index (χ1n) is 15.2. The van der Waals surface area contributed by atoms with Crippen molar-refractivity contribution >= 4 is 23.9 Å². The first-order valence-corrected chi connectivity index (χ1v) is 15.2. The second-order valence-electron chi connectivity index (χ2n) is 11.9. The van der Waals surface area contributed by atoms with Crippen molar-refractivity contribution in [1.82, 2.24) is 16.0 Å². The molecule has 3 atom stereocenters. The van der Waals surface area contributed by atoms with Gasteiger partial charge in [0.2, 0.25) is 11.8 Å². The topological polar surface area (TPSA) is 143 Å². The Bertz CT molecular complexity index is 1330. The van der Waals surface area contributed by atoms with Crippen LogP contribution in [-0.4, -0.2) is 66.4 Å². The zero-order chi connectivity index (χ0) is 33.0. The van der Waals surface area contributed by atoms with Crippen LogP contribution in [0.5, 0.6) is 0 Å². The molecule has 10 nitrogen and oxygen atoms in total. The standard InChI is InChI=1S/C35H45N3O7/c1-6-8-18-30(37-34(43)44-21-29-27-16-11-9-14-25(27)26-15-10-12-17-28(26)29)33(42)45-22-35(4,5)38-32(41)24(13-7-2)19-31(40)36-23(3)20-39/h6-7,9-12,14-17,23-24,29-30,39H,1-2,8,13,18-22H2,3-5H3,(H,36,40)(H,37,43)(H,38,41). The van der Waals surface area contributed by atoms with Gasteiger partial charge in [0.15, 0.2) is 0 Å². The molecule has 10 heteroatoms. The summed E-state index contributed by atoms with van der Waals surface area (Å²) in [7, 11) is 0. The second-order valence-corrected chi connectivity index (χ2v) is 11.9. The van der Waals surface area contributed by atoms with E-state index in [0.717, 1.165) is 22.3 Å². The van der Waals surface area contributed by atoms with Crippen LogP contribution in [0.25, 0.3) is 11.1 Å². The number of hydrogen-bond donors (Lipinski definition) is 4. The van der Waals surface area contributed by atoms with E-state index in [4.69, 9.17) is 9.47 Å². The Balaban J connectivity index is 1.56. The van der Waals surface area contributed by atoms with Crippen molar-refractivity contribution in [2.24, 2.45) is 5.92 Å². The summed E-state index contributed by atoms with van der Waals surface area (Å²) in [6, 6.07) is 14.6. The Morgan fingerprint density at radius 2 is 1.58 bits per heavy atom. The second kappa shape index (κ2) is 16.6. The van der Waals surface area contributed by atoms with Crippen molar-refractivity contribution in [3.8, 4) is 11.1 Å². The third kappa shape index (κ3) is 10.0. The van der Waals surface area contributed by atoms with Crippen molar-refractivity contribution in [2.75, 3.05) is 19.8 Å². The molecule has 3 unspecified atom stereocenters. The molecule has 0 aliphatic heterocycles. The molecular formula is C35H45N3O7. The van der Waals surface area contributed by atoms with Crippen LogP contribution in [0.2, 0.25) is 0 Å². The quantitative estimate of drug-likeness (QED) is 0.152. The number of aliphatic hydroxyl groups excluding tert-OH is 1. The summed E-state index contributed by atoms with van der Waals surface area (Å²) in [6.07, 6.45) is 3.32. The highest BCUT2D eigenvalue weighted by molar-refractivity contribution is 5.86. The Hall–Kier alpha value is -4.44. The fourth-order valence-electron chi connectivity index (χ4n) is 5.23. The summed E-state index contributed by atoms with van der Waals surface area (Å²) in [6.45, 7) is 12.1. The number of esters is 1. The lowest BCUT2D eigenvalue weighted by Crippen LogP contribution is -2.51. The fourth-order valence-corrected chi connectivity index (χ4v) is 5.23. The van der Waals surface area contributed by atoms with Crippen molar-refractivity contribution < 1.29 is 33.8 Å². The molecule has 2 aromatic carbocycles. The van der Waals surface area contributed by atoms with E-state index in [1.165, 1.54) is 0 Å². The van der Waals surface area contributed by atoms with E-state index >= 15 is 0 Å². The lowest BCUT2D eigenvalue weighted by molar-refractivity contribution is -0.149. The first kappa shape index (κ1) is 35.0. The molecule has 0 saturated carbocycles. The predicted octanol–water partition coefficient (Wildman–Crippen LogP) is 4.38. The van der Waals surface area contributed by atoms with Gasteiger partial charge in [0.25, 0.3) is 0 Å². The van der Waals surface area contributed by atoms with E-state index in [1.54, 1.807) is 32.9 Å². The van der Waals surface area contributed by atoms with Crippen LogP contribution < -0.4 is 16.0 Å². The Morgan fingerprint density at radius 1 is 0.956 bits per heavy atom. The van der Waals surface area contributed by atoms with Crippen LogP contribution in [0.1, 0.15) is 63.5 Å². The number of fused-ring (bicyclic) bond motifs is 3. The third-order valence-electron chi connectivity index (χ3n) is 7.55. The van der Waals surface area contributed by atoms with Crippen LogP contribution in [0.4, 0.5) is 4.79 Å². The maximum Gasteiger partial charge on any atom is 0.407 e. The summed E-state index contributed by atoms with van der Waals surface area (Å²) in [5.41, 5.74) is 3.40. The zero-order valence-electron chi connectivity index (χ0n) is 26.3. The van der Waals surface area contributed by atoms with Gasteiger partial charge in [-0.2, -0.15) is 0 Å². The van der Waals surface area contributed by atoms with Crippen LogP contribution in [0.15, 0.2) is 73.8 Å². The van der Waals surface area contributed by atoms with Crippen molar-refractivity contribution in [1.29, 1.82) is 0 Å². The van der Waals surface area contributed by atoms with Gasteiger partial charge in [0.05, 0.1) is 18.1 Å². The molecule has 0 saturated heterocycles. The molecule has 45 heavy (non-hydrogen) atoms. The molecule has 1 aliphatic carbocycles. The van der Waals surface area contributed by atoms with E-state index in [-0.39, 0.29) is 50.9 Å². The van der Waals surface area contributed by atoms with Crippen LogP contribution in [-0.2, 0) is 23.9 Å². The van der Waals surface area contributed by atoms with Gasteiger partial charge in [-0.15, -0.1) is 13.2 Å². The average Bonchev–Trinajstić information content (AvgIpc) is 3.33. The van der Waals surface area contributed by atoms with Crippen LogP contribution >= 0.6 is 0 Å². The number of hydrogen-bond acceptors (Lipinski definition) is 7. The molecule has 1 aliphatic rings. The zero-order valence-corrected chi connectivity index (χ0v) is 26.3. The minimum Gasteiger partial charge on any atom is -0.462 e. The number of alkyl carbamates (subject to hydrolysis) is 1. The molecule has 242 valence electrons. The SMILES string of the molecule is C=CCCC(NC(=O)OCC1c2ccccc2-c2ccccc21)C(=O)OCC(C)(C)NC(=O)C(CC=C)CC(=O)NC(C)CO. The molecule has 4 N–H and O–H groups in total. The maximum atomic E-state index is 13.1. The van der Waals surface area contributed by atoms with E-state index in [2.05, 4.69) is 41.2 Å². The third-order valence-corrected chi connectivity index (χ3v) is 7.55. The van der Waals surface area contributed by atoms with Gasteiger partial charge in [-0.1, -0.05) is 60.7 Å². The number of rotatable bonds is 17. The van der Waals surface area contributed by atoms with Gasteiger partial charge in [-0.25, -0.2) is 9.59 Å². The number of ether oxygens (including phenoxy) is 2. The van der Waals surface area contributed by atoms with Gasteiger partial charge < -0.3 is 30.5 Å². The molecule has 3 amide bonds. The maximum absolute atomic E-state index is 13.1. The highest BCUT2D eigenvalue weighted by Crippen LogP contribution is 2.44. The lowest BCUT2D eigenvalue weighted by atomic mass is 9.97. The normalized spacial score (nSPS) is 14.1. The van der Waals surface area contributed by atoms with Gasteiger partial charge in [-0.05, 0) is 62.3 Å². The highest BCUT2D eigenvalue weighted by Gasteiger charge is 2.32. The fraction of sp³-hybridized carbons (Fsp3) is 0.429. The monoisotopic (exact) mass is 619 g/mol. The molecule has 0 spiro atoms. The smallest absolute Gasteiger partial charge is 0.407 e. The predicted molar refractivity (Wildman–Crippen MR) is 172 cm³/mol. The summed E-state index contributed by atoms with van der Waals surface area (Å²) in [5.74, 6) is -2.26. The molecule has 0 aromatic heterocycles. The number of carbonyl (C=O) groups is 4. The Labute approximate surface area is 265 Å².